The van der Waals surface area contributed by atoms with Crippen LogP contribution < -0.4 is 10.1 Å². The summed E-state index contributed by atoms with van der Waals surface area (Å²) >= 11 is 0. The minimum absolute atomic E-state index is 0.00268. The number of rotatable bonds is 5. The summed E-state index contributed by atoms with van der Waals surface area (Å²) in [5.74, 6) is -2.81. The molecule has 0 aliphatic carbocycles. The number of nitrogens with one attached hydrogen (secondary N) is 1. The summed E-state index contributed by atoms with van der Waals surface area (Å²) in [5.41, 5.74) is 0.913. The van der Waals surface area contributed by atoms with Crippen molar-refractivity contribution in [3.05, 3.63) is 76.4 Å². The number of hydrogen-bond donors (Lipinski definition) is 1. The molecular formula is C19H15F3N2O3. The van der Waals surface area contributed by atoms with Gasteiger partial charge in [0.05, 0.1) is 11.3 Å². The van der Waals surface area contributed by atoms with E-state index in [9.17, 15) is 18.0 Å². The highest BCUT2D eigenvalue weighted by molar-refractivity contribution is 6.04. The molecule has 1 aromatic heterocycles. The zero-order chi connectivity index (χ0) is 19.6. The van der Waals surface area contributed by atoms with E-state index in [0.29, 0.717) is 6.07 Å². The number of hydrogen-bond acceptors (Lipinski definition) is 4. The van der Waals surface area contributed by atoms with Gasteiger partial charge in [0.15, 0.2) is 17.3 Å². The van der Waals surface area contributed by atoms with Crippen LogP contribution in [0.3, 0.4) is 0 Å². The largest absolute Gasteiger partial charge is 0.486 e. The quantitative estimate of drug-likeness (QED) is 0.710. The number of halogens is 3. The molecule has 1 amide bonds. The van der Waals surface area contributed by atoms with Gasteiger partial charge >= 0.3 is 0 Å². The van der Waals surface area contributed by atoms with Crippen LogP contribution in [0.1, 0.15) is 27.4 Å². The Morgan fingerprint density at radius 3 is 2.63 bits per heavy atom. The van der Waals surface area contributed by atoms with E-state index in [1.165, 1.54) is 12.1 Å². The van der Waals surface area contributed by atoms with Crippen LogP contribution >= 0.6 is 0 Å². The lowest BCUT2D eigenvalue weighted by molar-refractivity contribution is 0.101. The molecule has 0 fully saturated rings. The second kappa shape index (κ2) is 7.53. The smallest absolute Gasteiger partial charge is 0.278 e. The van der Waals surface area contributed by atoms with E-state index >= 15 is 0 Å². The Labute approximate surface area is 152 Å². The molecule has 0 aliphatic heterocycles. The van der Waals surface area contributed by atoms with Crippen molar-refractivity contribution in [1.82, 2.24) is 5.16 Å². The fourth-order valence-electron chi connectivity index (χ4n) is 2.40. The molecule has 1 heterocycles. The first-order chi connectivity index (χ1) is 12.8. The van der Waals surface area contributed by atoms with E-state index in [1.54, 1.807) is 19.9 Å². The maximum atomic E-state index is 13.8. The van der Waals surface area contributed by atoms with Crippen molar-refractivity contribution in [1.29, 1.82) is 0 Å². The van der Waals surface area contributed by atoms with Gasteiger partial charge in [0.25, 0.3) is 5.91 Å². The molecule has 0 aliphatic rings. The second-order valence-electron chi connectivity index (χ2n) is 5.87. The lowest BCUT2D eigenvalue weighted by Gasteiger charge is -2.09. The van der Waals surface area contributed by atoms with Gasteiger partial charge in [-0.2, -0.15) is 0 Å². The Morgan fingerprint density at radius 2 is 1.89 bits per heavy atom. The SMILES string of the molecule is Cc1ccc(F)c(NC(=O)c2noc(C)c2COc2ccc(F)cc2F)c1. The van der Waals surface area contributed by atoms with Gasteiger partial charge in [-0.1, -0.05) is 11.2 Å². The number of amides is 1. The molecule has 0 atom stereocenters. The van der Waals surface area contributed by atoms with Gasteiger partial charge in [0, 0.05) is 6.07 Å². The van der Waals surface area contributed by atoms with Crippen molar-refractivity contribution >= 4 is 11.6 Å². The van der Waals surface area contributed by atoms with Gasteiger partial charge in [0.2, 0.25) is 0 Å². The number of aromatic nitrogens is 1. The summed E-state index contributed by atoms with van der Waals surface area (Å²) in [6.07, 6.45) is 0. The lowest BCUT2D eigenvalue weighted by atomic mass is 10.1. The molecule has 27 heavy (non-hydrogen) atoms. The Morgan fingerprint density at radius 1 is 1.11 bits per heavy atom. The predicted octanol–water partition coefficient (Wildman–Crippen LogP) is 4.54. The van der Waals surface area contributed by atoms with Crippen LogP contribution in [0, 0.1) is 31.3 Å². The average molecular weight is 376 g/mol. The van der Waals surface area contributed by atoms with Crippen LogP contribution in [0.5, 0.6) is 5.75 Å². The summed E-state index contributed by atoms with van der Waals surface area (Å²) in [6, 6.07) is 7.15. The Balaban J connectivity index is 1.79. The fourth-order valence-corrected chi connectivity index (χ4v) is 2.40. The molecule has 0 radical (unpaired) electrons. The van der Waals surface area contributed by atoms with Crippen molar-refractivity contribution in [2.75, 3.05) is 5.32 Å². The second-order valence-corrected chi connectivity index (χ2v) is 5.87. The van der Waals surface area contributed by atoms with Crippen LogP contribution in [-0.4, -0.2) is 11.1 Å². The van der Waals surface area contributed by atoms with Crippen LogP contribution in [0.25, 0.3) is 0 Å². The number of carbonyl (C=O) groups is 1. The molecule has 140 valence electrons. The molecular weight excluding hydrogens is 361 g/mol. The summed E-state index contributed by atoms with van der Waals surface area (Å²) in [7, 11) is 0. The third-order valence-electron chi connectivity index (χ3n) is 3.84. The molecule has 3 aromatic rings. The molecule has 0 bridgehead atoms. The van der Waals surface area contributed by atoms with Crippen molar-refractivity contribution in [2.45, 2.75) is 20.5 Å². The highest BCUT2D eigenvalue weighted by Crippen LogP contribution is 2.23. The van der Waals surface area contributed by atoms with E-state index in [2.05, 4.69) is 10.5 Å². The summed E-state index contributed by atoms with van der Waals surface area (Å²) in [5, 5.41) is 6.09. The van der Waals surface area contributed by atoms with Crippen molar-refractivity contribution < 1.29 is 27.2 Å². The van der Waals surface area contributed by atoms with Gasteiger partial charge in [-0.3, -0.25) is 4.79 Å². The summed E-state index contributed by atoms with van der Waals surface area (Å²) in [4.78, 5) is 12.5. The lowest BCUT2D eigenvalue weighted by Crippen LogP contribution is -2.16. The van der Waals surface area contributed by atoms with Crippen LogP contribution in [0.2, 0.25) is 0 Å². The average Bonchev–Trinajstić information content (AvgIpc) is 2.98. The highest BCUT2D eigenvalue weighted by Gasteiger charge is 2.22. The van der Waals surface area contributed by atoms with Crippen LogP contribution in [0.4, 0.5) is 18.9 Å². The Hall–Kier alpha value is -3.29. The normalized spacial score (nSPS) is 10.7. The number of anilines is 1. The molecule has 0 spiro atoms. The van der Waals surface area contributed by atoms with E-state index in [4.69, 9.17) is 9.26 Å². The number of benzene rings is 2. The highest BCUT2D eigenvalue weighted by atomic mass is 19.1. The van der Waals surface area contributed by atoms with Crippen molar-refractivity contribution in [3.8, 4) is 5.75 Å². The number of aryl methyl sites for hydroxylation is 2. The minimum Gasteiger partial charge on any atom is -0.486 e. The minimum atomic E-state index is -0.878. The topological polar surface area (TPSA) is 64.4 Å². The molecule has 3 rings (SSSR count). The number of carbonyl (C=O) groups excluding carboxylic acids is 1. The molecule has 0 saturated heterocycles. The molecule has 5 nitrogen and oxygen atoms in total. The van der Waals surface area contributed by atoms with Crippen LogP contribution in [-0.2, 0) is 6.61 Å². The van der Waals surface area contributed by atoms with E-state index < -0.39 is 23.4 Å². The monoisotopic (exact) mass is 376 g/mol. The summed E-state index contributed by atoms with van der Waals surface area (Å²) in [6.45, 7) is 3.07. The Kier molecular flexibility index (Phi) is 5.16. The molecule has 0 saturated carbocycles. The van der Waals surface area contributed by atoms with E-state index in [-0.39, 0.29) is 35.1 Å². The van der Waals surface area contributed by atoms with Gasteiger partial charge in [-0.25, -0.2) is 13.2 Å². The predicted molar refractivity (Wildman–Crippen MR) is 91.0 cm³/mol. The molecule has 1 N–H and O–H groups in total. The van der Waals surface area contributed by atoms with Crippen LogP contribution in [0.15, 0.2) is 40.9 Å². The first-order valence-corrected chi connectivity index (χ1v) is 7.95. The third kappa shape index (κ3) is 4.11. The zero-order valence-electron chi connectivity index (χ0n) is 14.5. The van der Waals surface area contributed by atoms with Gasteiger partial charge in [-0.05, 0) is 43.7 Å². The van der Waals surface area contributed by atoms with E-state index in [0.717, 1.165) is 17.7 Å². The van der Waals surface area contributed by atoms with Gasteiger partial charge in [-0.15, -0.1) is 0 Å². The molecule has 0 unspecified atom stereocenters. The molecule has 2 aromatic carbocycles. The number of ether oxygens (including phenoxy) is 1. The fraction of sp³-hybridized carbons (Fsp3) is 0.158. The van der Waals surface area contributed by atoms with Gasteiger partial charge in [0.1, 0.15) is 24.0 Å². The first-order valence-electron chi connectivity index (χ1n) is 7.95. The van der Waals surface area contributed by atoms with E-state index in [1.807, 2.05) is 0 Å². The first kappa shape index (κ1) is 18.5. The van der Waals surface area contributed by atoms with Gasteiger partial charge < -0.3 is 14.6 Å². The maximum absolute atomic E-state index is 13.8. The van der Waals surface area contributed by atoms with Crippen molar-refractivity contribution in [3.63, 3.8) is 0 Å². The maximum Gasteiger partial charge on any atom is 0.278 e. The van der Waals surface area contributed by atoms with Crippen molar-refractivity contribution in [2.24, 2.45) is 0 Å². The Bertz CT molecular complexity index is 1000. The molecule has 8 heteroatoms. The third-order valence-corrected chi connectivity index (χ3v) is 3.84. The standard InChI is InChI=1S/C19H15F3N2O3/c1-10-3-5-14(21)16(7-10)23-19(25)18-13(11(2)27-24-18)9-26-17-6-4-12(20)8-15(17)22/h3-8H,9H2,1-2H3,(H,23,25). The summed E-state index contributed by atoms with van der Waals surface area (Å²) < 4.78 is 50.8. The number of nitrogens with zero attached hydrogens (tertiary/aromatic N) is 1. The zero-order valence-corrected chi connectivity index (χ0v) is 14.5.